The van der Waals surface area contributed by atoms with Crippen LogP contribution in [0.3, 0.4) is 0 Å². The summed E-state index contributed by atoms with van der Waals surface area (Å²) in [6.07, 6.45) is 1.86. The number of benzene rings is 1. The number of nitrogens with zero attached hydrogens (tertiary/aromatic N) is 1. The van der Waals surface area contributed by atoms with Crippen LogP contribution in [0.5, 0.6) is 0 Å². The maximum atomic E-state index is 12.1. The molecule has 27 heavy (non-hydrogen) atoms. The molecule has 0 unspecified atom stereocenters. The molecule has 7 nitrogen and oxygen atoms in total. The van der Waals surface area contributed by atoms with Crippen molar-refractivity contribution in [2.75, 3.05) is 11.9 Å². The Hall–Kier alpha value is -2.74. The number of esters is 1. The van der Waals surface area contributed by atoms with Gasteiger partial charge in [-0.05, 0) is 56.0 Å². The molecule has 0 spiro atoms. The summed E-state index contributed by atoms with van der Waals surface area (Å²) in [5.74, 6) is -1.20. The number of ether oxygens (including phenoxy) is 1. The van der Waals surface area contributed by atoms with Gasteiger partial charge in [0.2, 0.25) is 0 Å². The molecule has 1 aromatic heterocycles. The zero-order valence-corrected chi connectivity index (χ0v) is 16.6. The van der Waals surface area contributed by atoms with Crippen LogP contribution in [0, 0.1) is 30.9 Å². The van der Waals surface area contributed by atoms with Gasteiger partial charge in [-0.15, -0.1) is 11.3 Å². The maximum Gasteiger partial charge on any atom is 0.348 e. The van der Waals surface area contributed by atoms with Gasteiger partial charge in [-0.3, -0.25) is 14.9 Å². The van der Waals surface area contributed by atoms with Gasteiger partial charge in [0.1, 0.15) is 10.6 Å². The molecule has 0 radical (unpaired) electrons. The lowest BCUT2D eigenvalue weighted by Crippen LogP contribution is -2.21. The lowest BCUT2D eigenvalue weighted by Gasteiger charge is -2.09. The van der Waals surface area contributed by atoms with Crippen LogP contribution in [0.25, 0.3) is 0 Å². The highest BCUT2D eigenvalue weighted by molar-refractivity contribution is 7.14. The smallest absolute Gasteiger partial charge is 0.348 e. The van der Waals surface area contributed by atoms with Crippen molar-refractivity contribution >= 4 is 34.6 Å². The topological polar surface area (TPSA) is 98.5 Å². The third-order valence-electron chi connectivity index (χ3n) is 4.16. The second-order valence-corrected chi connectivity index (χ2v) is 7.53. The Bertz CT molecular complexity index is 888. The first-order valence-corrected chi connectivity index (χ1v) is 9.36. The quantitative estimate of drug-likeness (QED) is 0.431. The third kappa shape index (κ3) is 5.13. The van der Waals surface area contributed by atoms with Crippen LogP contribution in [0.2, 0.25) is 0 Å². The summed E-state index contributed by atoms with van der Waals surface area (Å²) in [4.78, 5) is 36.3. The number of rotatable bonds is 7. The van der Waals surface area contributed by atoms with Gasteiger partial charge in [-0.25, -0.2) is 4.79 Å². The average Bonchev–Trinajstić information content (AvgIpc) is 2.97. The summed E-state index contributed by atoms with van der Waals surface area (Å²) < 4.78 is 5.05. The van der Waals surface area contributed by atoms with Gasteiger partial charge in [-0.2, -0.15) is 0 Å². The Morgan fingerprint density at radius 2 is 1.85 bits per heavy atom. The fraction of sp³-hybridized carbons (Fsp3) is 0.368. The van der Waals surface area contributed by atoms with E-state index in [1.165, 1.54) is 23.5 Å². The first kappa shape index (κ1) is 20.6. The molecule has 0 aliphatic carbocycles. The molecule has 0 fully saturated rings. The number of aryl methyl sites for hydroxylation is 4. The summed E-state index contributed by atoms with van der Waals surface area (Å²) in [5.41, 5.74) is 2.55. The molecular formula is C19H22N2O5S. The summed E-state index contributed by atoms with van der Waals surface area (Å²) in [7, 11) is 0. The standard InChI is InChI=1S/C19H22N2O5S/c1-5-6-14-9-17(27-13(14)4)19(23)26-10-18(22)20-15-7-11(2)12(3)8-16(15)21(24)25/h7-9H,5-6,10H2,1-4H3,(H,20,22). The van der Waals surface area contributed by atoms with Gasteiger partial charge in [0.25, 0.3) is 11.6 Å². The fourth-order valence-corrected chi connectivity index (χ4v) is 3.54. The number of nitro groups is 1. The van der Waals surface area contributed by atoms with Crippen LogP contribution in [0.4, 0.5) is 11.4 Å². The molecule has 1 amide bonds. The van der Waals surface area contributed by atoms with E-state index in [0.717, 1.165) is 34.4 Å². The molecule has 2 rings (SSSR count). The van der Waals surface area contributed by atoms with E-state index in [1.807, 2.05) is 6.92 Å². The van der Waals surface area contributed by atoms with E-state index in [1.54, 1.807) is 19.9 Å². The van der Waals surface area contributed by atoms with Crippen molar-refractivity contribution < 1.29 is 19.2 Å². The number of carbonyl (C=O) groups excluding carboxylic acids is 2. The van der Waals surface area contributed by atoms with Crippen molar-refractivity contribution in [3.8, 4) is 0 Å². The Labute approximate surface area is 161 Å². The summed E-state index contributed by atoms with van der Waals surface area (Å²) >= 11 is 1.33. The van der Waals surface area contributed by atoms with Gasteiger partial charge in [0, 0.05) is 10.9 Å². The van der Waals surface area contributed by atoms with Crippen molar-refractivity contribution in [2.24, 2.45) is 0 Å². The first-order valence-electron chi connectivity index (χ1n) is 8.54. The summed E-state index contributed by atoms with van der Waals surface area (Å²) in [6.45, 7) is 7.04. The lowest BCUT2D eigenvalue weighted by molar-refractivity contribution is -0.384. The number of carbonyl (C=O) groups is 2. The molecule has 0 saturated carbocycles. The fourth-order valence-electron chi connectivity index (χ4n) is 2.58. The number of amides is 1. The monoisotopic (exact) mass is 390 g/mol. The van der Waals surface area contributed by atoms with Crippen LogP contribution >= 0.6 is 11.3 Å². The van der Waals surface area contributed by atoms with E-state index in [2.05, 4.69) is 12.2 Å². The van der Waals surface area contributed by atoms with E-state index < -0.39 is 23.4 Å². The predicted octanol–water partition coefficient (Wildman–Crippen LogP) is 4.33. The van der Waals surface area contributed by atoms with Crippen LogP contribution < -0.4 is 5.32 Å². The molecule has 0 saturated heterocycles. The van der Waals surface area contributed by atoms with Crippen LogP contribution in [-0.4, -0.2) is 23.4 Å². The van der Waals surface area contributed by atoms with Gasteiger partial charge in [-0.1, -0.05) is 13.3 Å². The molecular weight excluding hydrogens is 368 g/mol. The Kier molecular flexibility index (Phi) is 6.68. The molecule has 0 aliphatic rings. The second-order valence-electron chi connectivity index (χ2n) is 6.28. The lowest BCUT2D eigenvalue weighted by atomic mass is 10.1. The van der Waals surface area contributed by atoms with Crippen molar-refractivity contribution in [1.82, 2.24) is 0 Å². The SMILES string of the molecule is CCCc1cc(C(=O)OCC(=O)Nc2cc(C)c(C)cc2[N+](=O)[O-])sc1C. The Balaban J connectivity index is 2.02. The molecule has 1 heterocycles. The molecule has 0 aliphatic heterocycles. The van der Waals surface area contributed by atoms with Crippen LogP contribution in [0.15, 0.2) is 18.2 Å². The van der Waals surface area contributed by atoms with E-state index in [-0.39, 0.29) is 11.4 Å². The molecule has 2 aromatic rings. The largest absolute Gasteiger partial charge is 0.451 e. The number of nitro benzene ring substituents is 1. The zero-order chi connectivity index (χ0) is 20.1. The molecule has 0 atom stereocenters. The maximum absolute atomic E-state index is 12.1. The molecule has 0 bridgehead atoms. The first-order chi connectivity index (χ1) is 12.7. The summed E-state index contributed by atoms with van der Waals surface area (Å²) in [6, 6.07) is 4.73. The minimum atomic E-state index is -0.628. The van der Waals surface area contributed by atoms with Gasteiger partial charge in [0.05, 0.1) is 4.92 Å². The van der Waals surface area contributed by atoms with Crippen molar-refractivity contribution in [3.05, 3.63) is 54.8 Å². The van der Waals surface area contributed by atoms with E-state index in [0.29, 0.717) is 4.88 Å². The van der Waals surface area contributed by atoms with Gasteiger partial charge < -0.3 is 10.1 Å². The third-order valence-corrected chi connectivity index (χ3v) is 5.23. The molecule has 1 aromatic carbocycles. The second kappa shape index (κ2) is 8.77. The van der Waals surface area contributed by atoms with E-state index in [9.17, 15) is 19.7 Å². The minimum absolute atomic E-state index is 0.0846. The van der Waals surface area contributed by atoms with Crippen LogP contribution in [0.1, 0.15) is 44.6 Å². The molecule has 144 valence electrons. The summed E-state index contributed by atoms with van der Waals surface area (Å²) in [5, 5.41) is 13.6. The highest BCUT2D eigenvalue weighted by Crippen LogP contribution is 2.28. The highest BCUT2D eigenvalue weighted by Gasteiger charge is 2.19. The average molecular weight is 390 g/mol. The number of hydrogen-bond acceptors (Lipinski definition) is 6. The van der Waals surface area contributed by atoms with Crippen molar-refractivity contribution in [1.29, 1.82) is 0 Å². The van der Waals surface area contributed by atoms with Gasteiger partial charge in [0.15, 0.2) is 6.61 Å². The number of anilines is 1. The highest BCUT2D eigenvalue weighted by atomic mass is 32.1. The predicted molar refractivity (Wildman–Crippen MR) is 105 cm³/mol. The normalized spacial score (nSPS) is 10.5. The van der Waals surface area contributed by atoms with E-state index >= 15 is 0 Å². The minimum Gasteiger partial charge on any atom is -0.451 e. The molecule has 1 N–H and O–H groups in total. The van der Waals surface area contributed by atoms with Crippen molar-refractivity contribution in [2.45, 2.75) is 40.5 Å². The van der Waals surface area contributed by atoms with Crippen LogP contribution in [-0.2, 0) is 16.0 Å². The number of thiophene rings is 1. The Morgan fingerprint density at radius 3 is 2.48 bits per heavy atom. The number of nitrogens with one attached hydrogen (secondary N) is 1. The van der Waals surface area contributed by atoms with E-state index in [4.69, 9.17) is 4.74 Å². The number of hydrogen-bond donors (Lipinski definition) is 1. The Morgan fingerprint density at radius 1 is 1.19 bits per heavy atom. The zero-order valence-electron chi connectivity index (χ0n) is 15.8. The van der Waals surface area contributed by atoms with Gasteiger partial charge >= 0.3 is 5.97 Å². The molecule has 8 heteroatoms. The van der Waals surface area contributed by atoms with Crippen molar-refractivity contribution in [3.63, 3.8) is 0 Å².